The number of carbonyl (C=O) groups is 2. The minimum atomic E-state index is -3.76. The lowest BCUT2D eigenvalue weighted by molar-refractivity contribution is -0.119. The maximum atomic E-state index is 13.4. The fourth-order valence-corrected chi connectivity index (χ4v) is 9.09. The van der Waals surface area contributed by atoms with Crippen LogP contribution < -0.4 is 10.6 Å². The van der Waals surface area contributed by atoms with Crippen LogP contribution in [0.2, 0.25) is 0 Å². The highest BCUT2D eigenvalue weighted by Gasteiger charge is 2.44. The molecule has 4 heterocycles. The Morgan fingerprint density at radius 2 is 2.03 bits per heavy atom. The molecular formula is C23H31N3O5S3. The van der Waals surface area contributed by atoms with Crippen LogP contribution in [0.5, 0.6) is 0 Å². The van der Waals surface area contributed by atoms with Crippen molar-refractivity contribution in [2.45, 2.75) is 75.2 Å². The summed E-state index contributed by atoms with van der Waals surface area (Å²) in [6, 6.07) is 2.40. The summed E-state index contributed by atoms with van der Waals surface area (Å²) in [5, 5.41) is 8.64. The Morgan fingerprint density at radius 1 is 1.29 bits per heavy atom. The van der Waals surface area contributed by atoms with Gasteiger partial charge in [0, 0.05) is 22.5 Å². The highest BCUT2D eigenvalue weighted by molar-refractivity contribution is 7.91. The predicted molar refractivity (Wildman–Crippen MR) is 134 cm³/mol. The zero-order chi connectivity index (χ0) is 24.9. The first-order valence-electron chi connectivity index (χ1n) is 11.4. The molecule has 11 heteroatoms. The maximum Gasteiger partial charge on any atom is 0.341 e. The number of carbonyl (C=O) groups excluding carboxylic acids is 2. The molecule has 4 rings (SSSR count). The molecular weight excluding hydrogens is 494 g/mol. The van der Waals surface area contributed by atoms with Crippen molar-refractivity contribution < 1.29 is 22.7 Å². The number of ether oxygens (including phenoxy) is 1. The number of hydrogen-bond acceptors (Lipinski definition) is 8. The summed E-state index contributed by atoms with van der Waals surface area (Å²) in [7, 11) is -3.76. The molecule has 2 aromatic heterocycles. The summed E-state index contributed by atoms with van der Waals surface area (Å²) in [6.45, 7) is 10.5. The largest absolute Gasteiger partial charge is 0.462 e. The highest BCUT2D eigenvalue weighted by Crippen LogP contribution is 2.45. The minimum absolute atomic E-state index is 0.220. The highest BCUT2D eigenvalue weighted by atomic mass is 32.2. The van der Waals surface area contributed by atoms with Crippen molar-refractivity contribution in [3.63, 3.8) is 0 Å². The molecule has 0 bridgehead atoms. The van der Waals surface area contributed by atoms with Gasteiger partial charge in [-0.05, 0) is 70.9 Å². The first kappa shape index (κ1) is 25.3. The number of amides is 1. The van der Waals surface area contributed by atoms with Crippen LogP contribution in [-0.2, 0) is 31.5 Å². The van der Waals surface area contributed by atoms with Crippen molar-refractivity contribution >= 4 is 49.6 Å². The average molecular weight is 526 g/mol. The third kappa shape index (κ3) is 4.56. The Balaban J connectivity index is 1.69. The van der Waals surface area contributed by atoms with Crippen LogP contribution in [0.15, 0.2) is 21.7 Å². The van der Waals surface area contributed by atoms with E-state index >= 15 is 0 Å². The van der Waals surface area contributed by atoms with E-state index in [0.29, 0.717) is 29.8 Å². The second kappa shape index (κ2) is 9.02. The van der Waals surface area contributed by atoms with Gasteiger partial charge in [-0.3, -0.25) is 4.79 Å². The number of rotatable bonds is 6. The fraction of sp³-hybridized carbons (Fsp3) is 0.565. The molecule has 2 N–H and O–H groups in total. The standard InChI is InChI=1S/C23H31N3O5S3/c1-6-31-21(28)17-14-13-22(2,3)25-23(4,5)18(14)33-20(17)24-19(27)15-9-7-11-26(15)34(29,30)16-10-8-12-32-16/h8,10,12,15,25H,6-7,9,11,13H2,1-5H3,(H,24,27). The molecule has 0 aliphatic carbocycles. The third-order valence-electron chi connectivity index (χ3n) is 6.12. The molecule has 186 valence electrons. The third-order valence-corrected chi connectivity index (χ3v) is 10.9. The lowest BCUT2D eigenvalue weighted by Crippen LogP contribution is -2.55. The first-order chi connectivity index (χ1) is 15.9. The molecule has 0 aromatic carbocycles. The van der Waals surface area contributed by atoms with E-state index in [2.05, 4.69) is 38.3 Å². The Hall–Kier alpha value is -1.79. The second-order valence-electron chi connectivity index (χ2n) is 9.84. The Kier molecular flexibility index (Phi) is 6.71. The lowest BCUT2D eigenvalue weighted by atomic mass is 9.81. The summed E-state index contributed by atoms with van der Waals surface area (Å²) in [6.07, 6.45) is 1.63. The van der Waals surface area contributed by atoms with Gasteiger partial charge in [-0.1, -0.05) is 6.07 Å². The van der Waals surface area contributed by atoms with Gasteiger partial charge in [0.15, 0.2) is 0 Å². The number of esters is 1. The van der Waals surface area contributed by atoms with Crippen LogP contribution >= 0.6 is 22.7 Å². The molecule has 0 saturated carbocycles. The topological polar surface area (TPSA) is 105 Å². The molecule has 2 aliphatic rings. The second-order valence-corrected chi connectivity index (χ2v) is 13.9. The number of nitrogens with one attached hydrogen (secondary N) is 2. The van der Waals surface area contributed by atoms with Crippen molar-refractivity contribution in [3.8, 4) is 0 Å². The van der Waals surface area contributed by atoms with E-state index in [1.165, 1.54) is 15.6 Å². The van der Waals surface area contributed by atoms with E-state index < -0.39 is 33.5 Å². The molecule has 2 aliphatic heterocycles. The summed E-state index contributed by atoms with van der Waals surface area (Å²) >= 11 is 2.49. The van der Waals surface area contributed by atoms with Crippen molar-refractivity contribution in [2.24, 2.45) is 0 Å². The predicted octanol–water partition coefficient (Wildman–Crippen LogP) is 3.94. The molecule has 1 unspecified atom stereocenters. The van der Waals surface area contributed by atoms with Gasteiger partial charge < -0.3 is 15.4 Å². The van der Waals surface area contributed by atoms with Crippen molar-refractivity contribution in [3.05, 3.63) is 33.5 Å². The molecule has 8 nitrogen and oxygen atoms in total. The van der Waals surface area contributed by atoms with Crippen LogP contribution in [0.1, 0.15) is 68.3 Å². The van der Waals surface area contributed by atoms with Crippen molar-refractivity contribution in [2.75, 3.05) is 18.5 Å². The Morgan fingerprint density at radius 3 is 2.68 bits per heavy atom. The van der Waals surface area contributed by atoms with E-state index in [9.17, 15) is 18.0 Å². The monoisotopic (exact) mass is 525 g/mol. The number of hydrogen-bond donors (Lipinski definition) is 2. The van der Waals surface area contributed by atoms with E-state index in [0.717, 1.165) is 21.8 Å². The van der Waals surface area contributed by atoms with Crippen molar-refractivity contribution in [1.82, 2.24) is 9.62 Å². The maximum absolute atomic E-state index is 13.4. The van der Waals surface area contributed by atoms with Crippen molar-refractivity contribution in [1.29, 1.82) is 0 Å². The number of nitrogens with zero attached hydrogens (tertiary/aromatic N) is 1. The van der Waals surface area contributed by atoms with Crippen LogP contribution in [0.4, 0.5) is 5.00 Å². The smallest absolute Gasteiger partial charge is 0.341 e. The number of sulfonamides is 1. The molecule has 1 saturated heterocycles. The zero-order valence-electron chi connectivity index (χ0n) is 20.1. The van der Waals surface area contributed by atoms with Gasteiger partial charge in [-0.15, -0.1) is 22.7 Å². The van der Waals surface area contributed by atoms with Crippen LogP contribution in [0, 0.1) is 0 Å². The molecule has 1 amide bonds. The molecule has 0 spiro atoms. The zero-order valence-corrected chi connectivity index (χ0v) is 22.5. The van der Waals surface area contributed by atoms with Gasteiger partial charge in [0.2, 0.25) is 5.91 Å². The van der Waals surface area contributed by atoms with Crippen LogP contribution in [0.3, 0.4) is 0 Å². The van der Waals surface area contributed by atoms with Gasteiger partial charge >= 0.3 is 5.97 Å². The summed E-state index contributed by atoms with van der Waals surface area (Å²) in [5.74, 6) is -0.898. The molecule has 0 radical (unpaired) electrons. The molecule has 1 atom stereocenters. The SMILES string of the molecule is CCOC(=O)c1c(NC(=O)C2CCCN2S(=O)(=O)c2cccs2)sc2c1CC(C)(C)NC2(C)C. The van der Waals surface area contributed by atoms with Gasteiger partial charge in [0.25, 0.3) is 10.0 Å². The van der Waals surface area contributed by atoms with Crippen LogP contribution in [0.25, 0.3) is 0 Å². The lowest BCUT2D eigenvalue weighted by Gasteiger charge is -2.42. The molecule has 34 heavy (non-hydrogen) atoms. The summed E-state index contributed by atoms with van der Waals surface area (Å²) in [5.41, 5.74) is 0.593. The number of thiophene rings is 2. The van der Waals surface area contributed by atoms with Gasteiger partial charge in [0.1, 0.15) is 15.3 Å². The molecule has 1 fully saturated rings. The first-order valence-corrected chi connectivity index (χ1v) is 14.5. The minimum Gasteiger partial charge on any atom is -0.462 e. The summed E-state index contributed by atoms with van der Waals surface area (Å²) in [4.78, 5) is 27.4. The van der Waals surface area contributed by atoms with Gasteiger partial charge in [-0.25, -0.2) is 13.2 Å². The van der Waals surface area contributed by atoms with E-state index in [1.54, 1.807) is 24.4 Å². The number of anilines is 1. The van der Waals surface area contributed by atoms with Crippen LogP contribution in [-0.4, -0.2) is 49.3 Å². The van der Waals surface area contributed by atoms with E-state index in [-0.39, 0.29) is 22.9 Å². The Bertz CT molecular complexity index is 1200. The van der Waals surface area contributed by atoms with E-state index in [1.807, 2.05) is 0 Å². The quantitative estimate of drug-likeness (QED) is 0.554. The summed E-state index contributed by atoms with van der Waals surface area (Å²) < 4.78 is 33.1. The van der Waals surface area contributed by atoms with Gasteiger partial charge in [-0.2, -0.15) is 4.31 Å². The average Bonchev–Trinajstić information content (AvgIpc) is 3.46. The Labute approximate surface area is 208 Å². The van der Waals surface area contributed by atoms with Gasteiger partial charge in [0.05, 0.1) is 12.2 Å². The number of fused-ring (bicyclic) bond motifs is 1. The normalized spacial score (nSPS) is 21.7. The molecule has 2 aromatic rings. The fourth-order valence-electron chi connectivity index (χ4n) is 5.05. The van der Waals surface area contributed by atoms with E-state index in [4.69, 9.17) is 4.74 Å².